The second kappa shape index (κ2) is 11.1. The first-order valence-electron chi connectivity index (χ1n) is 8.41. The average molecular weight is 352 g/mol. The van der Waals surface area contributed by atoms with Crippen molar-refractivity contribution in [1.29, 1.82) is 0 Å². The van der Waals surface area contributed by atoms with Gasteiger partial charge >= 0.3 is 0 Å². The summed E-state index contributed by atoms with van der Waals surface area (Å²) in [7, 11) is 1.80. The standard InChI is InChI=1S/C18H29N3O2S/c1-5-7-12-21(6-2)18(23)14-20(3)13-17(22)19-15-10-8-9-11-16(15)24-4/h8-11H,5-7,12-14H2,1-4H3,(H,19,22). The number of nitrogens with zero attached hydrogens (tertiary/aromatic N) is 2. The molecular formula is C18H29N3O2S. The molecule has 1 N–H and O–H groups in total. The monoisotopic (exact) mass is 351 g/mol. The van der Waals surface area contributed by atoms with E-state index >= 15 is 0 Å². The van der Waals surface area contributed by atoms with Crippen molar-refractivity contribution in [3.63, 3.8) is 0 Å². The summed E-state index contributed by atoms with van der Waals surface area (Å²) in [5.74, 6) is -0.0332. The molecule has 0 aromatic heterocycles. The SMILES string of the molecule is CCCCN(CC)C(=O)CN(C)CC(=O)Nc1ccccc1SC. The Bertz CT molecular complexity index is 537. The number of nitrogens with one attached hydrogen (secondary N) is 1. The third-order valence-electron chi connectivity index (χ3n) is 3.72. The summed E-state index contributed by atoms with van der Waals surface area (Å²) in [4.78, 5) is 29.1. The van der Waals surface area contributed by atoms with Crippen molar-refractivity contribution in [3.05, 3.63) is 24.3 Å². The lowest BCUT2D eigenvalue weighted by atomic mass is 10.3. The van der Waals surface area contributed by atoms with Crippen LogP contribution in [0.1, 0.15) is 26.7 Å². The maximum Gasteiger partial charge on any atom is 0.238 e. The zero-order valence-electron chi connectivity index (χ0n) is 15.2. The molecule has 0 atom stereocenters. The Labute approximate surface area is 149 Å². The highest BCUT2D eigenvalue weighted by Gasteiger charge is 2.16. The van der Waals surface area contributed by atoms with Crippen LogP contribution < -0.4 is 5.32 Å². The van der Waals surface area contributed by atoms with E-state index in [-0.39, 0.29) is 24.9 Å². The maximum absolute atomic E-state index is 12.3. The molecule has 24 heavy (non-hydrogen) atoms. The molecule has 0 bridgehead atoms. The summed E-state index contributed by atoms with van der Waals surface area (Å²) in [6, 6.07) is 7.70. The Kier molecular flexibility index (Phi) is 9.49. The van der Waals surface area contributed by atoms with Crippen molar-refractivity contribution in [2.45, 2.75) is 31.6 Å². The molecule has 1 aromatic rings. The van der Waals surface area contributed by atoms with Gasteiger partial charge in [0.2, 0.25) is 11.8 Å². The van der Waals surface area contributed by atoms with Crippen LogP contribution >= 0.6 is 11.8 Å². The predicted molar refractivity (Wildman–Crippen MR) is 102 cm³/mol. The highest BCUT2D eigenvalue weighted by molar-refractivity contribution is 7.98. The van der Waals surface area contributed by atoms with Gasteiger partial charge in [-0.15, -0.1) is 11.8 Å². The quantitative estimate of drug-likeness (QED) is 0.659. The molecule has 0 radical (unpaired) electrons. The van der Waals surface area contributed by atoms with E-state index in [4.69, 9.17) is 0 Å². The summed E-state index contributed by atoms with van der Waals surface area (Å²) in [5, 5.41) is 2.92. The van der Waals surface area contributed by atoms with Crippen molar-refractivity contribution in [2.24, 2.45) is 0 Å². The number of hydrogen-bond donors (Lipinski definition) is 1. The fourth-order valence-corrected chi connectivity index (χ4v) is 2.93. The number of rotatable bonds is 10. The first-order valence-corrected chi connectivity index (χ1v) is 9.63. The highest BCUT2D eigenvalue weighted by atomic mass is 32.2. The number of unbranched alkanes of at least 4 members (excludes halogenated alkanes) is 1. The predicted octanol–water partition coefficient (Wildman–Crippen LogP) is 2.93. The summed E-state index contributed by atoms with van der Waals surface area (Å²) in [5.41, 5.74) is 0.813. The van der Waals surface area contributed by atoms with Crippen LogP contribution in [0, 0.1) is 0 Å². The van der Waals surface area contributed by atoms with Gasteiger partial charge in [0, 0.05) is 18.0 Å². The molecule has 0 heterocycles. The van der Waals surface area contributed by atoms with Gasteiger partial charge < -0.3 is 10.2 Å². The summed E-state index contributed by atoms with van der Waals surface area (Å²) in [6.45, 7) is 6.04. The number of benzene rings is 1. The Morgan fingerprint density at radius 2 is 1.88 bits per heavy atom. The van der Waals surface area contributed by atoms with Crippen LogP contribution in [0.5, 0.6) is 0 Å². The molecule has 0 saturated carbocycles. The lowest BCUT2D eigenvalue weighted by Gasteiger charge is -2.24. The maximum atomic E-state index is 12.3. The number of carbonyl (C=O) groups excluding carboxylic acids is 2. The zero-order valence-corrected chi connectivity index (χ0v) is 16.0. The molecule has 0 aliphatic heterocycles. The number of hydrogen-bond acceptors (Lipinski definition) is 4. The minimum absolute atomic E-state index is 0.0748. The number of anilines is 1. The fraction of sp³-hybridized carbons (Fsp3) is 0.556. The number of thioether (sulfide) groups is 1. The third-order valence-corrected chi connectivity index (χ3v) is 4.51. The highest BCUT2D eigenvalue weighted by Crippen LogP contribution is 2.24. The lowest BCUT2D eigenvalue weighted by molar-refractivity contribution is -0.132. The van der Waals surface area contributed by atoms with Crippen molar-refractivity contribution in [2.75, 3.05) is 44.8 Å². The van der Waals surface area contributed by atoms with Gasteiger partial charge in [-0.1, -0.05) is 25.5 Å². The topological polar surface area (TPSA) is 52.7 Å². The second-order valence-electron chi connectivity index (χ2n) is 5.75. The van der Waals surface area contributed by atoms with Crippen LogP contribution in [0.4, 0.5) is 5.69 Å². The van der Waals surface area contributed by atoms with Crippen molar-refractivity contribution < 1.29 is 9.59 Å². The number of para-hydroxylation sites is 1. The second-order valence-corrected chi connectivity index (χ2v) is 6.60. The molecule has 1 rings (SSSR count). The summed E-state index contributed by atoms with van der Waals surface area (Å²) < 4.78 is 0. The van der Waals surface area contributed by atoms with E-state index in [2.05, 4.69) is 12.2 Å². The van der Waals surface area contributed by atoms with Gasteiger partial charge in [-0.25, -0.2) is 0 Å². The third kappa shape index (κ3) is 6.93. The van der Waals surface area contributed by atoms with Gasteiger partial charge in [-0.05, 0) is 38.8 Å². The minimum atomic E-state index is -0.108. The Morgan fingerprint density at radius 1 is 1.17 bits per heavy atom. The van der Waals surface area contributed by atoms with E-state index in [9.17, 15) is 9.59 Å². The van der Waals surface area contributed by atoms with Crippen molar-refractivity contribution >= 4 is 29.3 Å². The number of carbonyl (C=O) groups is 2. The van der Waals surface area contributed by atoms with E-state index in [1.807, 2.05) is 42.3 Å². The Balaban J connectivity index is 2.50. The van der Waals surface area contributed by atoms with Gasteiger partial charge in [0.15, 0.2) is 0 Å². The molecule has 0 aliphatic carbocycles. The molecule has 2 amide bonds. The normalized spacial score (nSPS) is 10.7. The van der Waals surface area contributed by atoms with E-state index in [1.165, 1.54) is 0 Å². The first kappa shape index (κ1) is 20.5. The van der Waals surface area contributed by atoms with Crippen LogP contribution in [0.3, 0.4) is 0 Å². The van der Waals surface area contributed by atoms with E-state index < -0.39 is 0 Å². The van der Waals surface area contributed by atoms with Gasteiger partial charge in [-0.3, -0.25) is 14.5 Å². The largest absolute Gasteiger partial charge is 0.342 e. The lowest BCUT2D eigenvalue weighted by Crippen LogP contribution is -2.41. The Hall–Kier alpha value is -1.53. The average Bonchev–Trinajstić information content (AvgIpc) is 2.55. The molecular weight excluding hydrogens is 322 g/mol. The van der Waals surface area contributed by atoms with Gasteiger partial charge in [0.25, 0.3) is 0 Å². The molecule has 0 aliphatic rings. The number of amides is 2. The summed E-state index contributed by atoms with van der Waals surface area (Å²) in [6.07, 6.45) is 4.05. The number of likely N-dealkylation sites (N-methyl/N-ethyl adjacent to an activating group) is 2. The molecule has 0 saturated heterocycles. The molecule has 0 spiro atoms. The van der Waals surface area contributed by atoms with E-state index in [1.54, 1.807) is 23.7 Å². The molecule has 0 fully saturated rings. The van der Waals surface area contributed by atoms with Gasteiger partial charge in [0.1, 0.15) is 0 Å². The van der Waals surface area contributed by atoms with E-state index in [0.717, 1.165) is 30.0 Å². The van der Waals surface area contributed by atoms with Gasteiger partial charge in [0.05, 0.1) is 18.8 Å². The van der Waals surface area contributed by atoms with Crippen molar-refractivity contribution in [3.8, 4) is 0 Å². The first-order chi connectivity index (χ1) is 11.5. The molecule has 5 nitrogen and oxygen atoms in total. The smallest absolute Gasteiger partial charge is 0.238 e. The molecule has 0 unspecified atom stereocenters. The summed E-state index contributed by atoms with van der Waals surface area (Å²) >= 11 is 1.59. The van der Waals surface area contributed by atoms with E-state index in [0.29, 0.717) is 6.54 Å². The van der Waals surface area contributed by atoms with Crippen LogP contribution in [0.15, 0.2) is 29.2 Å². The Morgan fingerprint density at radius 3 is 2.50 bits per heavy atom. The van der Waals surface area contributed by atoms with Crippen LogP contribution in [-0.4, -0.2) is 61.1 Å². The molecule has 134 valence electrons. The van der Waals surface area contributed by atoms with Crippen molar-refractivity contribution in [1.82, 2.24) is 9.80 Å². The van der Waals surface area contributed by atoms with Crippen LogP contribution in [-0.2, 0) is 9.59 Å². The molecule has 1 aromatic carbocycles. The fourth-order valence-electron chi connectivity index (χ4n) is 2.38. The molecule has 6 heteroatoms. The van der Waals surface area contributed by atoms with Crippen LogP contribution in [0.2, 0.25) is 0 Å². The minimum Gasteiger partial charge on any atom is -0.342 e. The zero-order chi connectivity index (χ0) is 17.9. The van der Waals surface area contributed by atoms with Gasteiger partial charge in [-0.2, -0.15) is 0 Å². The van der Waals surface area contributed by atoms with Crippen LogP contribution in [0.25, 0.3) is 0 Å².